The molecule has 0 fully saturated rings. The second kappa shape index (κ2) is 6.23. The van der Waals surface area contributed by atoms with E-state index in [2.05, 4.69) is 20.4 Å². The maximum atomic E-state index is 12.2. The lowest BCUT2D eigenvalue weighted by Crippen LogP contribution is -2.30. The van der Waals surface area contributed by atoms with Crippen LogP contribution in [0.4, 0.5) is 5.82 Å². The van der Waals surface area contributed by atoms with Gasteiger partial charge in [-0.2, -0.15) is 14.8 Å². The fourth-order valence-corrected chi connectivity index (χ4v) is 2.53. The molecular weight excluding hydrogens is 310 g/mol. The highest BCUT2D eigenvalue weighted by atomic mass is 16.3. The van der Waals surface area contributed by atoms with Gasteiger partial charge in [-0.1, -0.05) is 6.92 Å². The van der Waals surface area contributed by atoms with Gasteiger partial charge in [0.1, 0.15) is 11.5 Å². The first-order valence-corrected chi connectivity index (χ1v) is 7.59. The van der Waals surface area contributed by atoms with Crippen molar-refractivity contribution in [2.45, 2.75) is 27.2 Å². The van der Waals surface area contributed by atoms with Crippen molar-refractivity contribution in [3.05, 3.63) is 24.5 Å². The zero-order valence-corrected chi connectivity index (χ0v) is 13.6. The van der Waals surface area contributed by atoms with Crippen molar-refractivity contribution in [2.75, 3.05) is 5.32 Å². The lowest BCUT2D eigenvalue weighted by Gasteiger charge is -2.17. The van der Waals surface area contributed by atoms with E-state index < -0.39 is 0 Å². The lowest BCUT2D eigenvalue weighted by atomic mass is 10.00. The van der Waals surface area contributed by atoms with Crippen LogP contribution in [0.1, 0.15) is 27.2 Å². The Morgan fingerprint density at radius 3 is 2.79 bits per heavy atom. The Labute approximate surface area is 138 Å². The van der Waals surface area contributed by atoms with Gasteiger partial charge >= 0.3 is 0 Å². The Morgan fingerprint density at radius 2 is 2.21 bits per heavy atom. The third kappa shape index (κ3) is 2.90. The molecule has 2 aromatic heterocycles. The number of nitrogens with zero attached hydrogens (tertiary/aromatic N) is 4. The van der Waals surface area contributed by atoms with Gasteiger partial charge < -0.3 is 9.73 Å². The fraction of sp³-hybridized carbons (Fsp3) is 0.312. The second-order valence-corrected chi connectivity index (χ2v) is 5.45. The van der Waals surface area contributed by atoms with Crippen LogP contribution in [0.2, 0.25) is 0 Å². The minimum atomic E-state index is -0.307. The first-order valence-electron chi connectivity index (χ1n) is 7.59. The SMILES string of the molecule is CCC1C(=O)N=C(n2nc(-c3ccco3)cc2NC(C)=O)N=C1C. The second-order valence-electron chi connectivity index (χ2n) is 5.45. The van der Waals surface area contributed by atoms with Crippen LogP contribution in [0.25, 0.3) is 11.5 Å². The summed E-state index contributed by atoms with van der Waals surface area (Å²) in [5.74, 6) is 0.199. The number of carbonyl (C=O) groups is 2. The van der Waals surface area contributed by atoms with Crippen LogP contribution < -0.4 is 5.32 Å². The number of hydrogen-bond donors (Lipinski definition) is 1. The standard InChI is InChI=1S/C16H17N5O3/c1-4-11-9(2)17-16(19-15(11)23)21-14(18-10(3)22)8-12(20-21)13-6-5-7-24-13/h5-8,11H,4H2,1-3H3,(H,18,22). The van der Waals surface area contributed by atoms with Crippen LogP contribution in [0, 0.1) is 5.92 Å². The number of hydrogen-bond acceptors (Lipinski definition) is 5. The Morgan fingerprint density at radius 1 is 1.42 bits per heavy atom. The highest BCUT2D eigenvalue weighted by Crippen LogP contribution is 2.24. The van der Waals surface area contributed by atoms with Gasteiger partial charge in [-0.3, -0.25) is 9.59 Å². The summed E-state index contributed by atoms with van der Waals surface area (Å²) in [6.07, 6.45) is 2.17. The molecule has 1 aliphatic rings. The Bertz CT molecular complexity index is 845. The Kier molecular flexibility index (Phi) is 4.11. The topological polar surface area (TPSA) is 102 Å². The first kappa shape index (κ1) is 15.9. The van der Waals surface area contributed by atoms with Crippen molar-refractivity contribution in [3.8, 4) is 11.5 Å². The van der Waals surface area contributed by atoms with Gasteiger partial charge in [-0.05, 0) is 25.5 Å². The minimum Gasteiger partial charge on any atom is -0.463 e. The fourth-order valence-electron chi connectivity index (χ4n) is 2.53. The van der Waals surface area contributed by atoms with Crippen LogP contribution in [0.5, 0.6) is 0 Å². The van der Waals surface area contributed by atoms with Crippen molar-refractivity contribution in [1.29, 1.82) is 0 Å². The first-order chi connectivity index (χ1) is 11.5. The average molecular weight is 327 g/mol. The number of nitrogens with one attached hydrogen (secondary N) is 1. The van der Waals surface area contributed by atoms with Gasteiger partial charge in [0.15, 0.2) is 5.76 Å². The molecule has 2 aromatic rings. The monoisotopic (exact) mass is 327 g/mol. The highest BCUT2D eigenvalue weighted by Gasteiger charge is 2.27. The van der Waals surface area contributed by atoms with Crippen LogP contribution in [-0.4, -0.2) is 33.3 Å². The van der Waals surface area contributed by atoms with E-state index in [1.54, 1.807) is 25.1 Å². The molecule has 124 valence electrons. The minimum absolute atomic E-state index is 0.128. The lowest BCUT2D eigenvalue weighted by molar-refractivity contribution is -0.119. The molecule has 0 saturated heterocycles. The molecule has 1 unspecified atom stereocenters. The number of aliphatic imine (C=N–C) groups is 2. The summed E-state index contributed by atoms with van der Waals surface area (Å²) in [6, 6.07) is 5.13. The molecule has 0 radical (unpaired) electrons. The van der Waals surface area contributed by atoms with E-state index in [4.69, 9.17) is 4.42 Å². The summed E-state index contributed by atoms with van der Waals surface area (Å²) in [5, 5.41) is 7.03. The third-order valence-corrected chi connectivity index (χ3v) is 3.67. The predicted octanol–water partition coefficient (Wildman–Crippen LogP) is 2.33. The smallest absolute Gasteiger partial charge is 0.257 e. The van der Waals surface area contributed by atoms with Crippen molar-refractivity contribution in [3.63, 3.8) is 0 Å². The molecule has 0 saturated carbocycles. The van der Waals surface area contributed by atoms with Crippen LogP contribution in [0.3, 0.4) is 0 Å². The normalized spacial score (nSPS) is 17.5. The van der Waals surface area contributed by atoms with E-state index in [0.717, 1.165) is 0 Å². The molecule has 0 aromatic carbocycles. The number of carbonyl (C=O) groups excluding carboxylic acids is 2. The molecule has 3 rings (SSSR count). The molecular formula is C16H17N5O3. The van der Waals surface area contributed by atoms with Crippen LogP contribution in [0.15, 0.2) is 38.9 Å². The maximum absolute atomic E-state index is 12.2. The molecule has 1 aliphatic heterocycles. The van der Waals surface area contributed by atoms with Gasteiger partial charge in [0.05, 0.1) is 12.2 Å². The van der Waals surface area contributed by atoms with E-state index in [0.29, 0.717) is 29.4 Å². The maximum Gasteiger partial charge on any atom is 0.257 e. The third-order valence-electron chi connectivity index (χ3n) is 3.67. The largest absolute Gasteiger partial charge is 0.463 e. The number of furan rings is 1. The van der Waals surface area contributed by atoms with E-state index in [-0.39, 0.29) is 23.7 Å². The van der Waals surface area contributed by atoms with Crippen molar-refractivity contribution < 1.29 is 14.0 Å². The van der Waals surface area contributed by atoms with Gasteiger partial charge in [0.25, 0.3) is 11.9 Å². The summed E-state index contributed by atoms with van der Waals surface area (Å²) in [4.78, 5) is 32.0. The number of anilines is 1. The zero-order chi connectivity index (χ0) is 17.3. The van der Waals surface area contributed by atoms with E-state index in [1.165, 1.54) is 17.9 Å². The summed E-state index contributed by atoms with van der Waals surface area (Å²) in [5.41, 5.74) is 1.18. The number of aromatic nitrogens is 2. The van der Waals surface area contributed by atoms with Crippen molar-refractivity contribution >= 4 is 29.3 Å². The molecule has 8 heteroatoms. The average Bonchev–Trinajstić information content (AvgIpc) is 3.15. The predicted molar refractivity (Wildman–Crippen MR) is 89.0 cm³/mol. The number of amides is 2. The zero-order valence-electron chi connectivity index (χ0n) is 13.6. The Hall–Kier alpha value is -3.03. The Balaban J connectivity index is 2.06. The summed E-state index contributed by atoms with van der Waals surface area (Å²) < 4.78 is 6.67. The van der Waals surface area contributed by atoms with Crippen molar-refractivity contribution in [2.24, 2.45) is 15.9 Å². The molecule has 24 heavy (non-hydrogen) atoms. The van der Waals surface area contributed by atoms with Crippen molar-refractivity contribution in [1.82, 2.24) is 9.78 Å². The molecule has 0 bridgehead atoms. The van der Waals surface area contributed by atoms with E-state index >= 15 is 0 Å². The van der Waals surface area contributed by atoms with Crippen LogP contribution >= 0.6 is 0 Å². The summed E-state index contributed by atoms with van der Waals surface area (Å²) in [7, 11) is 0. The van der Waals surface area contributed by atoms with E-state index in [1.807, 2.05) is 6.92 Å². The van der Waals surface area contributed by atoms with Gasteiger partial charge in [0.2, 0.25) is 5.91 Å². The summed E-state index contributed by atoms with van der Waals surface area (Å²) in [6.45, 7) is 5.09. The quantitative estimate of drug-likeness (QED) is 0.934. The van der Waals surface area contributed by atoms with E-state index in [9.17, 15) is 9.59 Å². The molecule has 0 spiro atoms. The molecule has 1 N–H and O–H groups in total. The number of rotatable bonds is 3. The summed E-state index contributed by atoms with van der Waals surface area (Å²) >= 11 is 0. The molecule has 0 aliphatic carbocycles. The van der Waals surface area contributed by atoms with Crippen LogP contribution in [-0.2, 0) is 9.59 Å². The van der Waals surface area contributed by atoms with Gasteiger partial charge in [-0.15, -0.1) is 0 Å². The highest BCUT2D eigenvalue weighted by molar-refractivity contribution is 6.15. The molecule has 2 amide bonds. The molecule has 3 heterocycles. The molecule has 8 nitrogen and oxygen atoms in total. The van der Waals surface area contributed by atoms with Gasteiger partial charge in [-0.25, -0.2) is 4.99 Å². The van der Waals surface area contributed by atoms with Gasteiger partial charge in [0, 0.05) is 18.7 Å². The molecule has 1 atom stereocenters.